The Morgan fingerprint density at radius 2 is 1.91 bits per heavy atom. The number of alkyl halides is 2. The quantitative estimate of drug-likeness (QED) is 0.290. The first-order valence-corrected chi connectivity index (χ1v) is 17.3. The van der Waals surface area contributed by atoms with E-state index in [0.29, 0.717) is 0 Å². The van der Waals surface area contributed by atoms with Gasteiger partial charge in [-0.15, -0.1) is 5.54 Å². The van der Waals surface area contributed by atoms with Crippen molar-refractivity contribution < 1.29 is 23.1 Å². The zero-order valence-electron chi connectivity index (χ0n) is 20.8. The highest BCUT2D eigenvalue weighted by atomic mass is 127. The number of hydrogen-bond donors (Lipinski definition) is 2. The van der Waals surface area contributed by atoms with Gasteiger partial charge in [0.1, 0.15) is 14.1 Å². The third kappa shape index (κ3) is 7.13. The number of rotatable bonds is 5. The van der Waals surface area contributed by atoms with Gasteiger partial charge in [-0.05, 0) is 27.7 Å². The Balaban J connectivity index is 1.75. The van der Waals surface area contributed by atoms with Crippen molar-refractivity contribution in [3.8, 4) is 11.5 Å². The topological polar surface area (TPSA) is 70.7 Å². The smallest absolute Gasteiger partial charge is 0.407 e. The fraction of sp³-hybridized carbons (Fsp3) is 0.480. The summed E-state index contributed by atoms with van der Waals surface area (Å²) in [7, 11) is -0.266. The first kappa shape index (κ1) is 27.3. The monoisotopic (exact) mass is 615 g/mol. The van der Waals surface area contributed by atoms with Crippen LogP contribution >= 0.6 is 20.7 Å². The number of likely N-dealkylation sites (tertiary alicyclic amines) is 1. The fourth-order valence-corrected chi connectivity index (χ4v) is 6.83. The van der Waals surface area contributed by atoms with E-state index in [0.717, 1.165) is 20.5 Å². The predicted molar refractivity (Wildman–Crippen MR) is 146 cm³/mol. The van der Waals surface area contributed by atoms with E-state index >= 15 is 0 Å². The summed E-state index contributed by atoms with van der Waals surface area (Å²) in [5, 5.41) is 5.83. The van der Waals surface area contributed by atoms with Gasteiger partial charge in [0.25, 0.3) is 5.92 Å². The lowest BCUT2D eigenvalue weighted by molar-refractivity contribution is -0.135. The van der Waals surface area contributed by atoms with Crippen LogP contribution in [-0.4, -0.2) is 60.3 Å². The Bertz CT molecular complexity index is 1100. The lowest BCUT2D eigenvalue weighted by Crippen LogP contribution is -2.54. The molecule has 2 atom stereocenters. The molecule has 1 aromatic carbocycles. The minimum Gasteiger partial charge on any atom is -0.453 e. The number of nitrogens with zero attached hydrogens (tertiary/aromatic N) is 1. The minimum atomic E-state index is -3.00. The van der Waals surface area contributed by atoms with Crippen LogP contribution in [0, 0.1) is 17.4 Å². The van der Waals surface area contributed by atoms with Gasteiger partial charge in [0.15, 0.2) is 0 Å². The molecule has 0 bridgehead atoms. The molecule has 190 valence electrons. The molecular formula is C25H32F2IN3O3Si. The van der Waals surface area contributed by atoms with Gasteiger partial charge in [0, 0.05) is 12.0 Å². The number of nitrogens with one attached hydrogen (secondary N) is 2. The second-order valence-electron chi connectivity index (χ2n) is 10.1. The predicted octanol–water partition coefficient (Wildman–Crippen LogP) is 4.53. The van der Waals surface area contributed by atoms with E-state index in [1.54, 1.807) is 13.8 Å². The van der Waals surface area contributed by atoms with Crippen LogP contribution in [0.4, 0.5) is 13.6 Å². The van der Waals surface area contributed by atoms with Crippen LogP contribution in [-0.2, 0) is 9.53 Å². The molecule has 1 saturated heterocycles. The van der Waals surface area contributed by atoms with E-state index < -0.39 is 71.8 Å². The molecule has 0 spiro atoms. The minimum absolute atomic E-state index is 0.288. The molecule has 1 fully saturated rings. The van der Waals surface area contributed by atoms with E-state index in [1.165, 1.54) is 12.0 Å². The molecular weight excluding hydrogens is 583 g/mol. The number of carbonyl (C=O) groups excluding carboxylic acids is 2. The summed E-state index contributed by atoms with van der Waals surface area (Å²) in [6.07, 6.45) is -1.20. The summed E-state index contributed by atoms with van der Waals surface area (Å²) >= 11 is -0.703. The second-order valence-corrected chi connectivity index (χ2v) is 17.2. The number of carbonyl (C=O) groups is 2. The van der Waals surface area contributed by atoms with Crippen molar-refractivity contribution in [1.82, 2.24) is 15.5 Å². The normalized spacial score (nSPS) is 20.0. The molecule has 2 aliphatic heterocycles. The van der Waals surface area contributed by atoms with Crippen LogP contribution in [0.25, 0.3) is 5.70 Å². The SMILES string of the molecule is COC(=O)N[C@H](C(=O)N1CC(F)(F)C[C@H]1C1=IC=C(c2ccc(C#C[Si](C)(C)C)cc2)N1)C(C)C. The molecule has 0 unspecified atom stereocenters. The van der Waals surface area contributed by atoms with Crippen molar-refractivity contribution in [2.75, 3.05) is 13.7 Å². The van der Waals surface area contributed by atoms with Crippen molar-refractivity contribution in [2.45, 2.75) is 57.9 Å². The fourth-order valence-electron chi connectivity index (χ4n) is 3.73. The number of hydrogen-bond acceptors (Lipinski definition) is 4. The summed E-state index contributed by atoms with van der Waals surface area (Å²) < 4.78 is 36.5. The first-order valence-electron chi connectivity index (χ1n) is 11.4. The Morgan fingerprint density at radius 1 is 1.26 bits per heavy atom. The average Bonchev–Trinajstić information content (AvgIpc) is 3.39. The zero-order chi connectivity index (χ0) is 26.0. The van der Waals surface area contributed by atoms with Crippen molar-refractivity contribution >= 4 is 50.1 Å². The molecule has 2 N–H and O–H groups in total. The highest BCUT2D eigenvalue weighted by Gasteiger charge is 2.50. The number of benzene rings is 1. The van der Waals surface area contributed by atoms with Gasteiger partial charge in [-0.25, -0.2) is 13.6 Å². The van der Waals surface area contributed by atoms with Crippen LogP contribution in [0.5, 0.6) is 0 Å². The van der Waals surface area contributed by atoms with E-state index in [9.17, 15) is 18.4 Å². The van der Waals surface area contributed by atoms with Gasteiger partial charge in [-0.1, -0.05) is 72.3 Å². The average molecular weight is 616 g/mol. The molecule has 0 aliphatic carbocycles. The van der Waals surface area contributed by atoms with Crippen molar-refractivity contribution in [2.24, 2.45) is 5.92 Å². The molecule has 2 heterocycles. The molecule has 3 rings (SSSR count). The summed E-state index contributed by atoms with van der Waals surface area (Å²) in [4.78, 5) is 26.2. The molecule has 2 amide bonds. The van der Waals surface area contributed by atoms with Crippen molar-refractivity contribution in [3.05, 3.63) is 39.5 Å². The number of methoxy groups -OCH3 is 1. The van der Waals surface area contributed by atoms with Gasteiger partial charge in [-0.3, -0.25) is 4.79 Å². The van der Waals surface area contributed by atoms with E-state index in [2.05, 4.69) is 50.6 Å². The Hall–Kier alpha value is -2.26. The maximum absolute atomic E-state index is 14.5. The van der Waals surface area contributed by atoms with Gasteiger partial charge in [0.05, 0.1) is 29.0 Å². The van der Waals surface area contributed by atoms with Crippen LogP contribution in [0.1, 0.15) is 31.4 Å². The third-order valence-corrected chi connectivity index (χ3v) is 9.02. The second kappa shape index (κ2) is 10.8. The van der Waals surface area contributed by atoms with E-state index in [1.807, 2.05) is 24.3 Å². The number of ether oxygens (including phenoxy) is 1. The van der Waals surface area contributed by atoms with Crippen LogP contribution in [0.3, 0.4) is 0 Å². The first-order chi connectivity index (χ1) is 16.3. The molecule has 2 aliphatic rings. The standard InChI is InChI=1S/C25H32F2IN3O3Si/c1-16(2)21(30-24(33)34-3)23(32)31-15-25(26,27)13-20(31)22-28-14-19(29-22)18-9-7-17(8-10-18)11-12-35(4,5)6/h7-10,14,16,20-21,29H,13,15H2,1-6H3,(H,30,33)/t20-,21-/m0/s1. The largest absolute Gasteiger partial charge is 0.453 e. The van der Waals surface area contributed by atoms with Crippen molar-refractivity contribution in [1.29, 1.82) is 0 Å². The Kier molecular flexibility index (Phi) is 8.42. The van der Waals surface area contributed by atoms with Gasteiger partial charge < -0.3 is 20.3 Å². The lowest BCUT2D eigenvalue weighted by atomic mass is 10.0. The molecule has 6 nitrogen and oxygen atoms in total. The van der Waals surface area contributed by atoms with E-state index in [-0.39, 0.29) is 5.92 Å². The van der Waals surface area contributed by atoms with E-state index in [4.69, 9.17) is 0 Å². The molecule has 0 aromatic heterocycles. The number of halogens is 3. The zero-order valence-corrected chi connectivity index (χ0v) is 24.0. The summed E-state index contributed by atoms with van der Waals surface area (Å²) in [6.45, 7) is 9.42. The maximum Gasteiger partial charge on any atom is 0.407 e. The Labute approximate surface area is 216 Å². The van der Waals surface area contributed by atoms with Crippen LogP contribution in [0.2, 0.25) is 19.6 Å². The molecule has 0 saturated carbocycles. The molecule has 0 radical (unpaired) electrons. The Morgan fingerprint density at radius 3 is 2.49 bits per heavy atom. The number of alkyl carbamates (subject to hydrolysis) is 1. The van der Waals surface area contributed by atoms with Gasteiger partial charge in [-0.2, -0.15) is 0 Å². The molecule has 35 heavy (non-hydrogen) atoms. The highest BCUT2D eigenvalue weighted by Crippen LogP contribution is 2.37. The lowest BCUT2D eigenvalue weighted by Gasteiger charge is -2.31. The summed E-state index contributed by atoms with van der Waals surface area (Å²) in [5.74, 6) is -0.579. The van der Waals surface area contributed by atoms with Crippen LogP contribution in [0.15, 0.2) is 28.3 Å². The summed E-state index contributed by atoms with van der Waals surface area (Å²) in [5.41, 5.74) is 6.11. The molecule has 10 heteroatoms. The highest BCUT2D eigenvalue weighted by molar-refractivity contribution is 14.2. The maximum atomic E-state index is 14.5. The number of amides is 2. The third-order valence-electron chi connectivity index (χ3n) is 5.55. The van der Waals surface area contributed by atoms with Gasteiger partial charge >= 0.3 is 6.09 Å². The summed E-state index contributed by atoms with van der Waals surface area (Å²) in [6, 6.07) is 6.19. The van der Waals surface area contributed by atoms with Gasteiger partial charge in [0.2, 0.25) is 5.91 Å². The van der Waals surface area contributed by atoms with Crippen LogP contribution < -0.4 is 10.6 Å². The van der Waals surface area contributed by atoms with Crippen molar-refractivity contribution in [3.63, 3.8) is 0 Å². The molecule has 1 aromatic rings.